The van der Waals surface area contributed by atoms with Crippen molar-refractivity contribution in [3.8, 4) is 0 Å². The van der Waals surface area contributed by atoms with Crippen molar-refractivity contribution in [2.45, 2.75) is 25.8 Å². The molecule has 1 heterocycles. The molecule has 2 nitrogen and oxygen atoms in total. The second kappa shape index (κ2) is 4.94. The maximum Gasteiger partial charge on any atom is 0.137 e. The molecule has 0 amide bonds. The Morgan fingerprint density at radius 1 is 1.41 bits per heavy atom. The summed E-state index contributed by atoms with van der Waals surface area (Å²) < 4.78 is 13.8. The van der Waals surface area contributed by atoms with Crippen molar-refractivity contribution >= 4 is 21.6 Å². The van der Waals surface area contributed by atoms with Crippen LogP contribution in [0.15, 0.2) is 22.7 Å². The van der Waals surface area contributed by atoms with E-state index in [0.29, 0.717) is 4.47 Å². The van der Waals surface area contributed by atoms with Crippen molar-refractivity contribution in [1.29, 1.82) is 0 Å². The number of nitrogens with one attached hydrogen (secondary N) is 1. The molecule has 1 saturated heterocycles. The molecule has 1 aliphatic heterocycles. The lowest BCUT2D eigenvalue weighted by Gasteiger charge is -2.31. The van der Waals surface area contributed by atoms with Crippen molar-refractivity contribution in [3.63, 3.8) is 0 Å². The van der Waals surface area contributed by atoms with Gasteiger partial charge in [-0.3, -0.25) is 0 Å². The van der Waals surface area contributed by atoms with E-state index in [0.717, 1.165) is 31.7 Å². The van der Waals surface area contributed by atoms with Crippen LogP contribution in [0.4, 0.5) is 10.1 Å². The third-order valence-electron chi connectivity index (χ3n) is 3.06. The van der Waals surface area contributed by atoms with Crippen molar-refractivity contribution in [1.82, 2.24) is 5.32 Å². The number of hydrogen-bond acceptors (Lipinski definition) is 2. The second-order valence-electron chi connectivity index (χ2n) is 5.18. The van der Waals surface area contributed by atoms with Crippen LogP contribution in [-0.2, 0) is 0 Å². The van der Waals surface area contributed by atoms with E-state index >= 15 is 0 Å². The number of anilines is 1. The van der Waals surface area contributed by atoms with Crippen LogP contribution in [-0.4, -0.2) is 25.2 Å². The first-order valence-electron chi connectivity index (χ1n) is 5.93. The molecule has 17 heavy (non-hydrogen) atoms. The molecule has 1 aliphatic rings. The zero-order chi connectivity index (χ0) is 12.5. The number of halogens is 2. The van der Waals surface area contributed by atoms with Crippen LogP contribution >= 0.6 is 15.9 Å². The van der Waals surface area contributed by atoms with E-state index in [1.807, 2.05) is 12.1 Å². The first-order chi connectivity index (χ1) is 7.98. The number of nitrogens with zero attached hydrogens (tertiary/aromatic N) is 1. The van der Waals surface area contributed by atoms with Gasteiger partial charge in [-0.1, -0.05) is 0 Å². The van der Waals surface area contributed by atoms with Crippen LogP contribution in [0.2, 0.25) is 0 Å². The summed E-state index contributed by atoms with van der Waals surface area (Å²) >= 11 is 3.24. The van der Waals surface area contributed by atoms with Crippen LogP contribution in [0.25, 0.3) is 0 Å². The average Bonchev–Trinajstić information content (AvgIpc) is 2.43. The highest BCUT2D eigenvalue weighted by Gasteiger charge is 2.24. The second-order valence-corrected chi connectivity index (χ2v) is 6.04. The largest absolute Gasteiger partial charge is 0.370 e. The first kappa shape index (κ1) is 12.8. The van der Waals surface area contributed by atoms with Crippen LogP contribution in [0, 0.1) is 5.82 Å². The van der Waals surface area contributed by atoms with Crippen molar-refractivity contribution in [2.24, 2.45) is 0 Å². The van der Waals surface area contributed by atoms with E-state index in [4.69, 9.17) is 0 Å². The summed E-state index contributed by atoms with van der Waals surface area (Å²) in [6, 6.07) is 5.23. The first-order valence-corrected chi connectivity index (χ1v) is 6.72. The van der Waals surface area contributed by atoms with Crippen LogP contribution in [0.5, 0.6) is 0 Å². The van der Waals surface area contributed by atoms with E-state index in [-0.39, 0.29) is 11.4 Å². The molecule has 0 bridgehead atoms. The Hall–Kier alpha value is -0.610. The lowest BCUT2D eigenvalue weighted by Crippen LogP contribution is -2.46. The van der Waals surface area contributed by atoms with Gasteiger partial charge in [0, 0.05) is 24.3 Å². The predicted octanol–water partition coefficient (Wildman–Crippen LogP) is 3.17. The quantitative estimate of drug-likeness (QED) is 0.857. The molecule has 0 spiro atoms. The molecule has 1 N–H and O–H groups in total. The number of benzene rings is 1. The number of hydrogen-bond donors (Lipinski definition) is 1. The van der Waals surface area contributed by atoms with Crippen LogP contribution in [0.3, 0.4) is 0 Å². The normalized spacial score (nSPS) is 20.1. The number of rotatable bonds is 1. The van der Waals surface area contributed by atoms with Gasteiger partial charge in [0.05, 0.1) is 4.47 Å². The Balaban J connectivity index is 2.22. The third-order valence-corrected chi connectivity index (χ3v) is 3.67. The highest BCUT2D eigenvalue weighted by atomic mass is 79.9. The molecule has 0 radical (unpaired) electrons. The van der Waals surface area contributed by atoms with Gasteiger partial charge in [-0.05, 0) is 60.9 Å². The summed E-state index contributed by atoms with van der Waals surface area (Å²) in [5, 5.41) is 3.52. The summed E-state index contributed by atoms with van der Waals surface area (Å²) in [5.74, 6) is -0.207. The van der Waals surface area contributed by atoms with E-state index in [1.165, 1.54) is 6.07 Å². The van der Waals surface area contributed by atoms with Gasteiger partial charge in [-0.15, -0.1) is 0 Å². The van der Waals surface area contributed by atoms with E-state index < -0.39 is 0 Å². The molecule has 94 valence electrons. The standard InChI is InChI=1S/C13H18BrFN2/c1-13(2)9-17(7-3-6-16-13)10-4-5-12(15)11(14)8-10/h4-5,8,16H,3,6-7,9H2,1-2H3. The molecule has 0 atom stereocenters. The smallest absolute Gasteiger partial charge is 0.137 e. The summed E-state index contributed by atoms with van der Waals surface area (Å²) in [6.07, 6.45) is 1.11. The minimum atomic E-state index is -0.207. The summed E-state index contributed by atoms with van der Waals surface area (Å²) in [4.78, 5) is 2.31. The Morgan fingerprint density at radius 3 is 2.88 bits per heavy atom. The SMILES string of the molecule is CC1(C)CN(c2ccc(F)c(Br)c2)CCCN1. The molecule has 0 aliphatic carbocycles. The van der Waals surface area contributed by atoms with Gasteiger partial charge < -0.3 is 10.2 Å². The highest BCUT2D eigenvalue weighted by molar-refractivity contribution is 9.10. The van der Waals surface area contributed by atoms with Gasteiger partial charge in [0.25, 0.3) is 0 Å². The van der Waals surface area contributed by atoms with Gasteiger partial charge in [-0.2, -0.15) is 0 Å². The molecule has 1 aromatic carbocycles. The third kappa shape index (κ3) is 3.19. The predicted molar refractivity (Wildman–Crippen MR) is 73.0 cm³/mol. The molecule has 0 unspecified atom stereocenters. The van der Waals surface area contributed by atoms with Crippen molar-refractivity contribution in [3.05, 3.63) is 28.5 Å². The average molecular weight is 301 g/mol. The Morgan fingerprint density at radius 2 is 2.18 bits per heavy atom. The van der Waals surface area contributed by atoms with Crippen molar-refractivity contribution < 1.29 is 4.39 Å². The Bertz CT molecular complexity index is 406. The van der Waals surface area contributed by atoms with Crippen LogP contribution < -0.4 is 10.2 Å². The van der Waals surface area contributed by atoms with E-state index in [9.17, 15) is 4.39 Å². The summed E-state index contributed by atoms with van der Waals surface area (Å²) in [7, 11) is 0. The molecule has 2 rings (SSSR count). The monoisotopic (exact) mass is 300 g/mol. The maximum atomic E-state index is 13.2. The molecule has 1 aromatic rings. The van der Waals surface area contributed by atoms with Gasteiger partial charge >= 0.3 is 0 Å². The molecular weight excluding hydrogens is 283 g/mol. The lowest BCUT2D eigenvalue weighted by atomic mass is 10.1. The van der Waals surface area contributed by atoms with Gasteiger partial charge in [0.1, 0.15) is 5.82 Å². The highest BCUT2D eigenvalue weighted by Crippen LogP contribution is 2.25. The lowest BCUT2D eigenvalue weighted by molar-refractivity contribution is 0.416. The fraction of sp³-hybridized carbons (Fsp3) is 0.538. The minimum absolute atomic E-state index is 0.0946. The van der Waals surface area contributed by atoms with Gasteiger partial charge in [0.15, 0.2) is 0 Å². The fourth-order valence-corrected chi connectivity index (χ4v) is 2.58. The fourth-order valence-electron chi connectivity index (χ4n) is 2.21. The summed E-state index contributed by atoms with van der Waals surface area (Å²) in [5.41, 5.74) is 1.17. The zero-order valence-electron chi connectivity index (χ0n) is 10.3. The van der Waals surface area contributed by atoms with Crippen LogP contribution in [0.1, 0.15) is 20.3 Å². The maximum absolute atomic E-state index is 13.2. The topological polar surface area (TPSA) is 15.3 Å². The molecule has 0 aromatic heterocycles. The molecular formula is C13H18BrFN2. The van der Waals surface area contributed by atoms with Gasteiger partial charge in [0.2, 0.25) is 0 Å². The van der Waals surface area contributed by atoms with Crippen molar-refractivity contribution in [2.75, 3.05) is 24.5 Å². The van der Waals surface area contributed by atoms with Gasteiger partial charge in [-0.25, -0.2) is 4.39 Å². The Labute approximate surface area is 110 Å². The molecule has 1 fully saturated rings. The van der Waals surface area contributed by atoms with E-state index in [1.54, 1.807) is 0 Å². The Kier molecular flexibility index (Phi) is 3.73. The molecule has 4 heteroatoms. The zero-order valence-corrected chi connectivity index (χ0v) is 11.8. The minimum Gasteiger partial charge on any atom is -0.370 e. The molecule has 0 saturated carbocycles. The van der Waals surface area contributed by atoms with E-state index in [2.05, 4.69) is 40.0 Å². The summed E-state index contributed by atoms with van der Waals surface area (Å²) in [6.45, 7) is 7.37.